The third-order valence-electron chi connectivity index (χ3n) is 4.28. The fourth-order valence-electron chi connectivity index (χ4n) is 2.98. The molecule has 0 aliphatic carbocycles. The standard InChI is InChI=1S/C21H29F3N2O4/c1-13(2)9-16(19(29)30-5)26-18(28)12-20(3,4)11-17(27)25-15-8-6-7-14(10-15)21(22,23)24/h6-8,10,13,16H,9,11-12H2,1-5H3,(H,25,27)(H,26,28). The van der Waals surface area contributed by atoms with Crippen LogP contribution in [0.4, 0.5) is 18.9 Å². The predicted octanol–water partition coefficient (Wildman–Crippen LogP) is 4.15. The smallest absolute Gasteiger partial charge is 0.416 e. The van der Waals surface area contributed by atoms with Gasteiger partial charge in [-0.3, -0.25) is 9.59 Å². The maximum absolute atomic E-state index is 12.8. The molecular weight excluding hydrogens is 401 g/mol. The van der Waals surface area contributed by atoms with Gasteiger partial charge in [0.2, 0.25) is 11.8 Å². The lowest BCUT2D eigenvalue weighted by Crippen LogP contribution is -2.43. The van der Waals surface area contributed by atoms with Gasteiger partial charge in [0, 0.05) is 18.5 Å². The normalized spacial score (nSPS) is 13.0. The van der Waals surface area contributed by atoms with E-state index in [9.17, 15) is 27.6 Å². The van der Waals surface area contributed by atoms with Crippen molar-refractivity contribution in [3.63, 3.8) is 0 Å². The van der Waals surface area contributed by atoms with E-state index in [1.807, 2.05) is 13.8 Å². The summed E-state index contributed by atoms with van der Waals surface area (Å²) in [6, 6.07) is 3.55. The third-order valence-corrected chi connectivity index (χ3v) is 4.28. The molecule has 2 amide bonds. The zero-order valence-corrected chi connectivity index (χ0v) is 17.9. The maximum Gasteiger partial charge on any atom is 0.416 e. The van der Waals surface area contributed by atoms with Crippen LogP contribution in [0.2, 0.25) is 0 Å². The molecule has 0 bridgehead atoms. The summed E-state index contributed by atoms with van der Waals surface area (Å²) in [5, 5.41) is 5.07. The van der Waals surface area contributed by atoms with E-state index in [1.54, 1.807) is 13.8 Å². The molecule has 0 saturated heterocycles. The second-order valence-electron chi connectivity index (χ2n) is 8.42. The molecule has 6 nitrogen and oxygen atoms in total. The molecule has 0 spiro atoms. The minimum Gasteiger partial charge on any atom is -0.467 e. The number of methoxy groups -OCH3 is 1. The Morgan fingerprint density at radius 2 is 1.67 bits per heavy atom. The number of esters is 1. The Morgan fingerprint density at radius 3 is 2.20 bits per heavy atom. The molecule has 0 aliphatic rings. The van der Waals surface area contributed by atoms with Gasteiger partial charge in [-0.15, -0.1) is 0 Å². The molecule has 2 N–H and O–H groups in total. The number of rotatable bonds is 9. The van der Waals surface area contributed by atoms with E-state index in [0.717, 1.165) is 12.1 Å². The van der Waals surface area contributed by atoms with Gasteiger partial charge in [-0.25, -0.2) is 4.79 Å². The number of ether oxygens (including phenoxy) is 1. The van der Waals surface area contributed by atoms with E-state index in [1.165, 1.54) is 19.2 Å². The summed E-state index contributed by atoms with van der Waals surface area (Å²) in [5.41, 5.74) is -1.62. The average Bonchev–Trinajstić information content (AvgIpc) is 2.58. The molecule has 1 rings (SSSR count). The highest BCUT2D eigenvalue weighted by molar-refractivity contribution is 5.92. The Labute approximate surface area is 174 Å². The average molecular weight is 430 g/mol. The number of benzene rings is 1. The summed E-state index contributed by atoms with van der Waals surface area (Å²) in [6.45, 7) is 7.19. The number of amides is 2. The minimum absolute atomic E-state index is 0.0257. The van der Waals surface area contributed by atoms with Gasteiger partial charge in [0.1, 0.15) is 6.04 Å². The van der Waals surface area contributed by atoms with Crippen molar-refractivity contribution < 1.29 is 32.3 Å². The van der Waals surface area contributed by atoms with Crippen LogP contribution >= 0.6 is 0 Å². The lowest BCUT2D eigenvalue weighted by Gasteiger charge is -2.25. The number of anilines is 1. The van der Waals surface area contributed by atoms with E-state index in [2.05, 4.69) is 10.6 Å². The van der Waals surface area contributed by atoms with Crippen molar-refractivity contribution in [3.8, 4) is 0 Å². The number of hydrogen-bond acceptors (Lipinski definition) is 4. The molecule has 0 heterocycles. The Kier molecular flexibility index (Phi) is 8.87. The number of carbonyl (C=O) groups is 3. The van der Waals surface area contributed by atoms with Crippen molar-refractivity contribution in [2.45, 2.75) is 59.2 Å². The summed E-state index contributed by atoms with van der Waals surface area (Å²) in [5.74, 6) is -1.32. The number of alkyl halides is 3. The van der Waals surface area contributed by atoms with Crippen LogP contribution in [0.15, 0.2) is 24.3 Å². The monoisotopic (exact) mass is 430 g/mol. The molecule has 168 valence electrons. The van der Waals surface area contributed by atoms with Gasteiger partial charge < -0.3 is 15.4 Å². The molecular formula is C21H29F3N2O4. The Hall–Kier alpha value is -2.58. The summed E-state index contributed by atoms with van der Waals surface area (Å²) in [7, 11) is 1.24. The van der Waals surface area contributed by atoms with Gasteiger partial charge in [0.15, 0.2) is 0 Å². The number of nitrogens with one attached hydrogen (secondary N) is 2. The topological polar surface area (TPSA) is 84.5 Å². The van der Waals surface area contributed by atoms with Crippen molar-refractivity contribution >= 4 is 23.5 Å². The van der Waals surface area contributed by atoms with Crippen molar-refractivity contribution in [2.75, 3.05) is 12.4 Å². The highest BCUT2D eigenvalue weighted by Gasteiger charge is 2.31. The zero-order valence-electron chi connectivity index (χ0n) is 17.9. The van der Waals surface area contributed by atoms with Crippen LogP contribution < -0.4 is 10.6 Å². The van der Waals surface area contributed by atoms with E-state index < -0.39 is 41.0 Å². The van der Waals surface area contributed by atoms with E-state index in [-0.39, 0.29) is 24.4 Å². The molecule has 0 aromatic heterocycles. The Bertz CT molecular complexity index is 761. The largest absolute Gasteiger partial charge is 0.467 e. The van der Waals surface area contributed by atoms with Crippen molar-refractivity contribution in [1.29, 1.82) is 0 Å². The molecule has 1 aromatic rings. The molecule has 1 aromatic carbocycles. The van der Waals surface area contributed by atoms with Gasteiger partial charge in [-0.2, -0.15) is 13.2 Å². The summed E-state index contributed by atoms with van der Waals surface area (Å²) in [6.07, 6.45) is -4.24. The molecule has 0 aliphatic heterocycles. The van der Waals surface area contributed by atoms with E-state index in [4.69, 9.17) is 4.74 Å². The first-order valence-electron chi connectivity index (χ1n) is 9.58. The zero-order chi connectivity index (χ0) is 23.1. The van der Waals surface area contributed by atoms with Crippen molar-refractivity contribution in [3.05, 3.63) is 29.8 Å². The van der Waals surface area contributed by atoms with E-state index >= 15 is 0 Å². The molecule has 0 saturated carbocycles. The Morgan fingerprint density at radius 1 is 1.07 bits per heavy atom. The minimum atomic E-state index is -4.51. The van der Waals surface area contributed by atoms with Crippen molar-refractivity contribution in [1.82, 2.24) is 5.32 Å². The van der Waals surface area contributed by atoms with Crippen molar-refractivity contribution in [2.24, 2.45) is 11.3 Å². The molecule has 0 radical (unpaired) electrons. The maximum atomic E-state index is 12.8. The number of halogens is 3. The summed E-state index contributed by atoms with van der Waals surface area (Å²) < 4.78 is 43.1. The highest BCUT2D eigenvalue weighted by atomic mass is 19.4. The lowest BCUT2D eigenvalue weighted by molar-refractivity contribution is -0.146. The van der Waals surface area contributed by atoms with Crippen LogP contribution in [-0.4, -0.2) is 30.9 Å². The van der Waals surface area contributed by atoms with Gasteiger partial charge in [-0.1, -0.05) is 33.8 Å². The molecule has 30 heavy (non-hydrogen) atoms. The number of hydrogen-bond donors (Lipinski definition) is 2. The molecule has 0 fully saturated rings. The molecule has 1 unspecified atom stereocenters. The highest BCUT2D eigenvalue weighted by Crippen LogP contribution is 2.31. The first-order chi connectivity index (χ1) is 13.7. The fourth-order valence-corrected chi connectivity index (χ4v) is 2.98. The first-order valence-corrected chi connectivity index (χ1v) is 9.58. The van der Waals surface area contributed by atoms with Crippen LogP contribution in [0.25, 0.3) is 0 Å². The first kappa shape index (κ1) is 25.5. The summed E-state index contributed by atoms with van der Waals surface area (Å²) >= 11 is 0. The lowest BCUT2D eigenvalue weighted by atomic mass is 9.84. The second kappa shape index (κ2) is 10.4. The predicted molar refractivity (Wildman–Crippen MR) is 106 cm³/mol. The van der Waals surface area contributed by atoms with Gasteiger partial charge >= 0.3 is 12.1 Å². The number of carbonyl (C=O) groups excluding carboxylic acids is 3. The van der Waals surface area contributed by atoms with Crippen LogP contribution in [0.3, 0.4) is 0 Å². The van der Waals surface area contributed by atoms with Crippen LogP contribution in [-0.2, 0) is 25.3 Å². The van der Waals surface area contributed by atoms with E-state index in [0.29, 0.717) is 6.42 Å². The van der Waals surface area contributed by atoms with Gasteiger partial charge in [0.05, 0.1) is 12.7 Å². The second-order valence-corrected chi connectivity index (χ2v) is 8.42. The quantitative estimate of drug-likeness (QED) is 0.577. The summed E-state index contributed by atoms with van der Waals surface area (Å²) in [4.78, 5) is 36.5. The molecule has 1 atom stereocenters. The Balaban J connectivity index is 2.70. The third kappa shape index (κ3) is 8.84. The fraction of sp³-hybridized carbons (Fsp3) is 0.571. The van der Waals surface area contributed by atoms with Crippen LogP contribution in [0.5, 0.6) is 0 Å². The SMILES string of the molecule is COC(=O)C(CC(C)C)NC(=O)CC(C)(C)CC(=O)Nc1cccc(C(F)(F)F)c1. The van der Waals surface area contributed by atoms with Crippen LogP contribution in [0.1, 0.15) is 52.5 Å². The molecule has 9 heteroatoms. The van der Waals surface area contributed by atoms with Gasteiger partial charge in [-0.05, 0) is 36.0 Å². The van der Waals surface area contributed by atoms with Gasteiger partial charge in [0.25, 0.3) is 0 Å². The van der Waals surface area contributed by atoms with Crippen LogP contribution in [0, 0.1) is 11.3 Å².